The molecule has 0 spiro atoms. The van der Waals surface area contributed by atoms with E-state index in [4.69, 9.17) is 4.74 Å². The van der Waals surface area contributed by atoms with Gasteiger partial charge in [-0.3, -0.25) is 4.79 Å². The summed E-state index contributed by atoms with van der Waals surface area (Å²) in [7, 11) is 0. The first kappa shape index (κ1) is 20.6. The van der Waals surface area contributed by atoms with Crippen molar-refractivity contribution in [1.29, 1.82) is 0 Å². The first-order valence-corrected chi connectivity index (χ1v) is 6.12. The number of carbonyl (C=O) groups excluding carboxylic acids is 1. The Morgan fingerprint density at radius 1 is 1.21 bits per heavy atom. The van der Waals surface area contributed by atoms with E-state index >= 15 is 0 Å². The van der Waals surface area contributed by atoms with Crippen LogP contribution in [0.5, 0.6) is 0 Å². The second-order valence-electron chi connectivity index (χ2n) is 5.73. The Hall–Kier alpha value is -0.726. The normalized spacial score (nSPS) is 10.1. The maximum absolute atomic E-state index is 11.4. The number of hydrogen-bond donors (Lipinski definition) is 0. The smallest absolute Gasteiger partial charge is 0.463 e. The number of esters is 1. The van der Waals surface area contributed by atoms with E-state index in [1.54, 1.807) is 12.1 Å². The molecular weight excluding hydrogens is 275 g/mol. The second kappa shape index (κ2) is 10.1. The van der Waals surface area contributed by atoms with Crippen LogP contribution in [0.4, 0.5) is 0 Å². The molecule has 0 saturated heterocycles. The van der Waals surface area contributed by atoms with Gasteiger partial charge in [0.15, 0.2) is 0 Å². The van der Waals surface area contributed by atoms with Gasteiger partial charge in [-0.15, -0.1) is 5.56 Å². The van der Waals surface area contributed by atoms with Crippen LogP contribution >= 0.6 is 0 Å². The Balaban J connectivity index is 0. The van der Waals surface area contributed by atoms with Crippen LogP contribution in [0.15, 0.2) is 24.3 Å². The summed E-state index contributed by atoms with van der Waals surface area (Å²) in [5.74, 6) is 1.24. The van der Waals surface area contributed by atoms with Gasteiger partial charge in [-0.25, -0.2) is 0 Å². The fraction of sp³-hybridized carbons (Fsp3) is 0.500. The van der Waals surface area contributed by atoms with Crippen LogP contribution in [0.1, 0.15) is 47.1 Å². The van der Waals surface area contributed by atoms with Crippen molar-refractivity contribution in [3.63, 3.8) is 0 Å². The van der Waals surface area contributed by atoms with Gasteiger partial charge in [-0.05, 0) is 20.8 Å². The Morgan fingerprint density at radius 3 is 2.00 bits per heavy atom. The number of hydrogen-bond acceptors (Lipinski definition) is 2. The SMILES string of the molecule is CC(C)(C)C(=O)OCc1cc[c-]cc1.C[C-](C)C.[V+2]. The summed E-state index contributed by atoms with van der Waals surface area (Å²) in [4.78, 5) is 11.4. The van der Waals surface area contributed by atoms with Gasteiger partial charge in [0.1, 0.15) is 0 Å². The first-order chi connectivity index (χ1) is 8.23. The number of benzene rings is 1. The molecule has 105 valence electrons. The molecule has 0 atom stereocenters. The minimum absolute atomic E-state index is 0. The average molecular weight is 299 g/mol. The fourth-order valence-electron chi connectivity index (χ4n) is 0.883. The molecule has 0 aliphatic heterocycles. The van der Waals surface area contributed by atoms with Gasteiger partial charge in [0, 0.05) is 0 Å². The maximum Gasteiger partial charge on any atom is 2.00 e. The molecule has 1 aromatic carbocycles. The molecule has 0 bridgehead atoms. The van der Waals surface area contributed by atoms with Crippen LogP contribution in [0, 0.1) is 17.4 Å². The zero-order valence-corrected chi connectivity index (χ0v) is 14.2. The van der Waals surface area contributed by atoms with E-state index in [-0.39, 0.29) is 24.5 Å². The zero-order chi connectivity index (χ0) is 14.2. The predicted octanol–water partition coefficient (Wildman–Crippen LogP) is 4.19. The van der Waals surface area contributed by atoms with Crippen LogP contribution < -0.4 is 0 Å². The molecule has 19 heavy (non-hydrogen) atoms. The van der Waals surface area contributed by atoms with Crippen molar-refractivity contribution >= 4 is 5.97 Å². The largest absolute Gasteiger partial charge is 2.00 e. The number of carbonyl (C=O) groups is 1. The standard InChI is InChI=1S/C12H15O2.C4H9.V/c1-12(2,3)11(13)14-9-10-7-5-4-6-8-10;1-4(2)3;/h5-8H,9H2,1-3H3;1-3H3;/q2*-1;+2. The topological polar surface area (TPSA) is 26.3 Å². The van der Waals surface area contributed by atoms with E-state index in [9.17, 15) is 4.79 Å². The van der Waals surface area contributed by atoms with Crippen LogP contribution in [-0.2, 0) is 34.7 Å². The minimum atomic E-state index is -0.430. The monoisotopic (exact) mass is 299 g/mol. The zero-order valence-electron chi connectivity index (χ0n) is 12.8. The van der Waals surface area contributed by atoms with E-state index in [0.29, 0.717) is 6.61 Å². The number of ether oxygens (including phenoxy) is 1. The molecule has 0 aliphatic carbocycles. The maximum atomic E-state index is 11.4. The van der Waals surface area contributed by atoms with Crippen LogP contribution in [0.25, 0.3) is 0 Å². The predicted molar refractivity (Wildman–Crippen MR) is 74.8 cm³/mol. The fourth-order valence-corrected chi connectivity index (χ4v) is 0.883. The summed E-state index contributed by atoms with van der Waals surface area (Å²) in [6.07, 6.45) is 0. The van der Waals surface area contributed by atoms with Gasteiger partial charge in [-0.1, -0.05) is 0 Å². The molecule has 0 saturated carbocycles. The Morgan fingerprint density at radius 2 is 1.63 bits per heavy atom. The van der Waals surface area contributed by atoms with Crippen molar-refractivity contribution in [2.75, 3.05) is 0 Å². The van der Waals surface area contributed by atoms with Crippen molar-refractivity contribution < 1.29 is 28.1 Å². The molecule has 2 nitrogen and oxygen atoms in total. The summed E-state index contributed by atoms with van der Waals surface area (Å²) >= 11 is 0. The van der Waals surface area contributed by atoms with E-state index in [1.165, 1.54) is 5.92 Å². The van der Waals surface area contributed by atoms with Gasteiger partial charge in [0.25, 0.3) is 0 Å². The molecular formula is C16H24O2V. The molecule has 0 N–H and O–H groups in total. The van der Waals surface area contributed by atoms with Crippen LogP contribution in [0.2, 0.25) is 0 Å². The van der Waals surface area contributed by atoms with Crippen molar-refractivity contribution in [2.24, 2.45) is 5.41 Å². The van der Waals surface area contributed by atoms with Gasteiger partial charge in [0.2, 0.25) is 0 Å². The first-order valence-electron chi connectivity index (χ1n) is 6.12. The molecule has 1 rings (SSSR count). The van der Waals surface area contributed by atoms with Gasteiger partial charge < -0.3 is 10.7 Å². The van der Waals surface area contributed by atoms with Crippen molar-refractivity contribution in [2.45, 2.75) is 48.1 Å². The molecule has 1 aromatic rings. The van der Waals surface area contributed by atoms with Crippen LogP contribution in [0.3, 0.4) is 0 Å². The molecule has 1 radical (unpaired) electrons. The average Bonchev–Trinajstić information content (AvgIpc) is 2.25. The summed E-state index contributed by atoms with van der Waals surface area (Å²) in [6, 6.07) is 10.3. The number of rotatable bonds is 2. The van der Waals surface area contributed by atoms with E-state index in [2.05, 4.69) is 26.8 Å². The molecule has 0 unspecified atom stereocenters. The summed E-state index contributed by atoms with van der Waals surface area (Å²) < 4.78 is 5.14. The third-order valence-corrected chi connectivity index (χ3v) is 1.77. The van der Waals surface area contributed by atoms with Gasteiger partial charge in [0.05, 0.1) is 12.0 Å². The Kier molecular flexibility index (Phi) is 11.0. The molecule has 0 fully saturated rings. The van der Waals surface area contributed by atoms with Gasteiger partial charge >= 0.3 is 24.5 Å². The van der Waals surface area contributed by atoms with Crippen molar-refractivity contribution in [1.82, 2.24) is 0 Å². The second-order valence-corrected chi connectivity index (χ2v) is 5.73. The summed E-state index contributed by atoms with van der Waals surface area (Å²) in [6.45, 7) is 12.1. The third-order valence-electron chi connectivity index (χ3n) is 1.77. The van der Waals surface area contributed by atoms with Gasteiger partial charge in [-0.2, -0.15) is 51.1 Å². The summed E-state index contributed by atoms with van der Waals surface area (Å²) in [5.41, 5.74) is 0.558. The van der Waals surface area contributed by atoms with Crippen LogP contribution in [-0.4, -0.2) is 5.97 Å². The molecule has 0 amide bonds. The van der Waals surface area contributed by atoms with E-state index in [1.807, 2.05) is 32.9 Å². The Labute approximate surface area is 129 Å². The quantitative estimate of drug-likeness (QED) is 0.604. The summed E-state index contributed by atoms with van der Waals surface area (Å²) in [5, 5.41) is 0. The third kappa shape index (κ3) is 12.1. The van der Waals surface area contributed by atoms with Crippen molar-refractivity contribution in [3.05, 3.63) is 41.8 Å². The Bertz CT molecular complexity index is 337. The molecule has 0 aliphatic rings. The van der Waals surface area contributed by atoms with E-state index in [0.717, 1.165) is 5.56 Å². The van der Waals surface area contributed by atoms with E-state index < -0.39 is 5.41 Å². The molecule has 0 aromatic heterocycles. The minimum Gasteiger partial charge on any atom is -0.463 e. The van der Waals surface area contributed by atoms with Crippen molar-refractivity contribution in [3.8, 4) is 0 Å². The molecule has 3 heteroatoms. The molecule has 0 heterocycles.